The van der Waals surface area contributed by atoms with Crippen LogP contribution in [0.4, 0.5) is 0 Å². The number of thioether (sulfide) groups is 1. The molecule has 0 spiro atoms. The lowest BCUT2D eigenvalue weighted by Gasteiger charge is -2.13. The minimum atomic E-state index is 0.324. The van der Waals surface area contributed by atoms with Gasteiger partial charge in [0.1, 0.15) is 5.78 Å². The van der Waals surface area contributed by atoms with Gasteiger partial charge in [0.2, 0.25) is 0 Å². The fraction of sp³-hybridized carbons (Fsp3) is 0.875. The van der Waals surface area contributed by atoms with Crippen molar-refractivity contribution in [2.24, 2.45) is 5.92 Å². The van der Waals surface area contributed by atoms with Crippen molar-refractivity contribution in [3.8, 4) is 0 Å². The first kappa shape index (κ1) is 8.12. The Labute approximate surface area is 66.6 Å². The molecule has 1 fully saturated rings. The van der Waals surface area contributed by atoms with E-state index in [4.69, 9.17) is 0 Å². The highest BCUT2D eigenvalue weighted by Crippen LogP contribution is 2.30. The largest absolute Gasteiger partial charge is 0.298 e. The Bertz CT molecular complexity index is 133. The Balaban J connectivity index is 2.46. The van der Waals surface area contributed by atoms with E-state index in [0.717, 1.165) is 18.6 Å². The lowest BCUT2D eigenvalue weighted by atomic mass is 10.0. The van der Waals surface area contributed by atoms with Crippen molar-refractivity contribution in [3.05, 3.63) is 0 Å². The van der Waals surface area contributed by atoms with Crippen LogP contribution >= 0.6 is 11.8 Å². The second kappa shape index (κ2) is 3.42. The second-order valence-electron chi connectivity index (χ2n) is 2.89. The van der Waals surface area contributed by atoms with Gasteiger partial charge in [-0.15, -0.1) is 11.8 Å². The molecule has 0 radical (unpaired) electrons. The maximum absolute atomic E-state index is 11.2. The van der Waals surface area contributed by atoms with E-state index in [0.29, 0.717) is 17.0 Å². The molecule has 1 heterocycles. The summed E-state index contributed by atoms with van der Waals surface area (Å²) in [7, 11) is 0. The van der Waals surface area contributed by atoms with Crippen LogP contribution in [0.25, 0.3) is 0 Å². The van der Waals surface area contributed by atoms with Gasteiger partial charge in [0.15, 0.2) is 0 Å². The van der Waals surface area contributed by atoms with Gasteiger partial charge in [-0.25, -0.2) is 0 Å². The molecule has 2 unspecified atom stereocenters. The number of hydrogen-bond acceptors (Lipinski definition) is 2. The van der Waals surface area contributed by atoms with Gasteiger partial charge < -0.3 is 0 Å². The second-order valence-corrected chi connectivity index (χ2v) is 4.14. The minimum absolute atomic E-state index is 0.324. The zero-order valence-electron chi connectivity index (χ0n) is 6.59. The summed E-state index contributed by atoms with van der Waals surface area (Å²) in [6.07, 6.45) is 1.93. The van der Waals surface area contributed by atoms with Crippen molar-refractivity contribution < 1.29 is 4.79 Å². The molecule has 58 valence electrons. The maximum atomic E-state index is 11.2. The van der Waals surface area contributed by atoms with Crippen LogP contribution in [0.3, 0.4) is 0 Å². The van der Waals surface area contributed by atoms with Crippen molar-refractivity contribution in [1.82, 2.24) is 0 Å². The Morgan fingerprint density at radius 3 is 2.90 bits per heavy atom. The average molecular weight is 158 g/mol. The van der Waals surface area contributed by atoms with E-state index in [2.05, 4.69) is 13.8 Å². The molecular formula is C8H14OS. The van der Waals surface area contributed by atoms with Gasteiger partial charge >= 0.3 is 0 Å². The third-order valence-electron chi connectivity index (χ3n) is 2.12. The predicted octanol–water partition coefficient (Wildman–Crippen LogP) is 2.11. The third kappa shape index (κ3) is 1.54. The summed E-state index contributed by atoms with van der Waals surface area (Å²) >= 11 is 1.83. The monoisotopic (exact) mass is 158 g/mol. The lowest BCUT2D eigenvalue weighted by Crippen LogP contribution is -2.18. The first-order valence-electron chi connectivity index (χ1n) is 3.90. The fourth-order valence-corrected chi connectivity index (χ4v) is 2.62. The number of hydrogen-bond donors (Lipinski definition) is 0. The van der Waals surface area contributed by atoms with Gasteiger partial charge in [0.05, 0.1) is 5.25 Å². The molecule has 1 saturated heterocycles. The Morgan fingerprint density at radius 2 is 2.50 bits per heavy atom. The zero-order valence-corrected chi connectivity index (χ0v) is 7.41. The Kier molecular flexibility index (Phi) is 2.78. The normalized spacial score (nSPS) is 29.0. The van der Waals surface area contributed by atoms with Crippen molar-refractivity contribution >= 4 is 17.5 Å². The zero-order chi connectivity index (χ0) is 7.56. The Morgan fingerprint density at radius 1 is 1.80 bits per heavy atom. The molecule has 0 bridgehead atoms. The van der Waals surface area contributed by atoms with Gasteiger partial charge in [-0.3, -0.25) is 4.79 Å². The van der Waals surface area contributed by atoms with Gasteiger partial charge in [-0.2, -0.15) is 0 Å². The van der Waals surface area contributed by atoms with Crippen LogP contribution in [-0.4, -0.2) is 16.8 Å². The molecule has 0 aromatic rings. The fourth-order valence-electron chi connectivity index (χ4n) is 1.22. The summed E-state index contributed by atoms with van der Waals surface area (Å²) in [6, 6.07) is 0. The van der Waals surface area contributed by atoms with Gasteiger partial charge in [0.25, 0.3) is 0 Å². The quantitative estimate of drug-likeness (QED) is 0.612. The topological polar surface area (TPSA) is 17.1 Å². The van der Waals surface area contributed by atoms with E-state index < -0.39 is 0 Å². The Hall–Kier alpha value is 0.0200. The highest BCUT2D eigenvalue weighted by Gasteiger charge is 2.28. The molecule has 10 heavy (non-hydrogen) atoms. The molecule has 2 heteroatoms. The summed E-state index contributed by atoms with van der Waals surface area (Å²) < 4.78 is 0. The molecule has 2 atom stereocenters. The molecule has 0 saturated carbocycles. The lowest BCUT2D eigenvalue weighted by molar-refractivity contribution is -0.118. The predicted molar refractivity (Wildman–Crippen MR) is 45.3 cm³/mol. The number of carbonyl (C=O) groups excluding carboxylic acids is 1. The minimum Gasteiger partial charge on any atom is -0.298 e. The number of rotatable bonds is 2. The SMILES string of the molecule is CCC(C)C1SCCC1=O. The molecule has 1 nitrogen and oxygen atoms in total. The molecule has 0 amide bonds. The summed E-state index contributed by atoms with van der Waals surface area (Å²) in [5, 5.41) is 0.324. The van der Waals surface area contributed by atoms with E-state index >= 15 is 0 Å². The van der Waals surface area contributed by atoms with Crippen molar-refractivity contribution in [1.29, 1.82) is 0 Å². The number of ketones is 1. The molecule has 0 aromatic heterocycles. The third-order valence-corrected chi connectivity index (χ3v) is 3.65. The standard InChI is InChI=1S/C8H14OS/c1-3-6(2)8-7(9)4-5-10-8/h6,8H,3-5H2,1-2H3. The van der Waals surface area contributed by atoms with Gasteiger partial charge in [-0.05, 0) is 5.92 Å². The summed E-state index contributed by atoms with van der Waals surface area (Å²) in [4.78, 5) is 11.2. The van der Waals surface area contributed by atoms with Crippen LogP contribution in [0.15, 0.2) is 0 Å². The van der Waals surface area contributed by atoms with E-state index in [1.165, 1.54) is 0 Å². The van der Waals surface area contributed by atoms with Crippen LogP contribution in [-0.2, 0) is 4.79 Å². The number of Topliss-reactive ketones (excluding diaryl/α,β-unsaturated/α-hetero) is 1. The van der Waals surface area contributed by atoms with Crippen molar-refractivity contribution in [2.45, 2.75) is 31.9 Å². The van der Waals surface area contributed by atoms with Crippen LogP contribution in [0.2, 0.25) is 0 Å². The summed E-state index contributed by atoms with van der Waals surface area (Å²) in [5.41, 5.74) is 0. The molecule has 0 aromatic carbocycles. The maximum Gasteiger partial charge on any atom is 0.146 e. The van der Waals surface area contributed by atoms with Gasteiger partial charge in [0, 0.05) is 12.2 Å². The van der Waals surface area contributed by atoms with Gasteiger partial charge in [-0.1, -0.05) is 20.3 Å². The van der Waals surface area contributed by atoms with Crippen LogP contribution < -0.4 is 0 Å². The first-order chi connectivity index (χ1) is 4.75. The van der Waals surface area contributed by atoms with E-state index in [-0.39, 0.29) is 0 Å². The highest BCUT2D eigenvalue weighted by atomic mass is 32.2. The van der Waals surface area contributed by atoms with Crippen LogP contribution in [0, 0.1) is 5.92 Å². The van der Waals surface area contributed by atoms with E-state index in [1.807, 2.05) is 11.8 Å². The van der Waals surface area contributed by atoms with E-state index in [1.54, 1.807) is 0 Å². The number of carbonyl (C=O) groups is 1. The average Bonchev–Trinajstić information content (AvgIpc) is 2.34. The molecule has 1 aliphatic rings. The molecule has 0 aliphatic carbocycles. The van der Waals surface area contributed by atoms with Crippen molar-refractivity contribution in [3.63, 3.8) is 0 Å². The van der Waals surface area contributed by atoms with Crippen LogP contribution in [0.5, 0.6) is 0 Å². The smallest absolute Gasteiger partial charge is 0.146 e. The molecule has 1 rings (SSSR count). The summed E-state index contributed by atoms with van der Waals surface area (Å²) in [6.45, 7) is 4.32. The van der Waals surface area contributed by atoms with E-state index in [9.17, 15) is 4.79 Å². The molecule has 1 aliphatic heterocycles. The molecular weight excluding hydrogens is 144 g/mol. The molecule has 0 N–H and O–H groups in total. The highest BCUT2D eigenvalue weighted by molar-refractivity contribution is 8.01. The first-order valence-corrected chi connectivity index (χ1v) is 4.95. The van der Waals surface area contributed by atoms with Crippen LogP contribution in [0.1, 0.15) is 26.7 Å². The van der Waals surface area contributed by atoms with Crippen molar-refractivity contribution in [2.75, 3.05) is 5.75 Å². The summed E-state index contributed by atoms with van der Waals surface area (Å²) in [5.74, 6) is 2.10.